The summed E-state index contributed by atoms with van der Waals surface area (Å²) >= 11 is -0.842. The van der Waals surface area contributed by atoms with Gasteiger partial charge in [-0.15, -0.1) is 0 Å². The van der Waals surface area contributed by atoms with Gasteiger partial charge in [0, 0.05) is 5.97 Å². The number of hydrogen-bond donors (Lipinski definition) is 0. The molecule has 0 heterocycles. The molecular weight excluding hydrogens is 213 g/mol. The van der Waals surface area contributed by atoms with E-state index in [1.807, 2.05) is 0 Å². The third kappa shape index (κ3) is 127. The van der Waals surface area contributed by atoms with E-state index < -0.39 is 22.2 Å². The monoisotopic (exact) mass is 217 g/mol. The second-order valence-corrected chi connectivity index (χ2v) is 1.87. The Bertz CT molecular complexity index is 165. The molecule has 51 valence electrons. The summed E-state index contributed by atoms with van der Waals surface area (Å²) in [5.41, 5.74) is 0. The summed E-state index contributed by atoms with van der Waals surface area (Å²) in [6.07, 6.45) is 0. The van der Waals surface area contributed by atoms with Crippen LogP contribution in [0.5, 0.6) is 0 Å². The Hall–Kier alpha value is -0.747. The Balaban J connectivity index is 0. The van der Waals surface area contributed by atoms with Crippen LogP contribution in [-0.2, 0) is 30.6 Å². The molecule has 0 aromatic heterocycles. The van der Waals surface area contributed by atoms with Crippen molar-refractivity contribution in [2.75, 3.05) is 0 Å². The average Bonchev–Trinajstić information content (AvgIpc) is 1.66. The average molecular weight is 216 g/mol. The number of aliphatic carboxylic acids is 1. The SMILES string of the molecule is CC(=O)[O-].O=[C]=[Ru+]=[C]=O. The maximum absolute atomic E-state index is 9.06. The summed E-state index contributed by atoms with van der Waals surface area (Å²) in [7, 11) is 0. The topological polar surface area (TPSA) is 74.3 Å². The molecule has 0 aliphatic heterocycles. The second kappa shape index (κ2) is 10.3. The zero-order valence-corrected chi connectivity index (χ0v) is 6.22. The number of carboxylic acid groups (broad SMARTS) is 1. The standard InChI is InChI=1S/C2H4O2.2CO.Ru/c1-2(3)4;2*1-2;/h1H3,(H,3,4);;;/q;;;+1/p-1. The van der Waals surface area contributed by atoms with Crippen LogP contribution in [0.3, 0.4) is 0 Å². The van der Waals surface area contributed by atoms with Crippen LogP contribution in [0.4, 0.5) is 0 Å². The van der Waals surface area contributed by atoms with Crippen molar-refractivity contribution in [1.29, 1.82) is 0 Å². The van der Waals surface area contributed by atoms with Gasteiger partial charge in [-0.3, -0.25) is 0 Å². The number of carboxylic acids is 1. The first-order chi connectivity index (χ1) is 4.15. The molecule has 0 atom stereocenters. The predicted octanol–water partition coefficient (Wildman–Crippen LogP) is -2.04. The van der Waals surface area contributed by atoms with E-state index in [0.717, 1.165) is 6.92 Å². The Morgan fingerprint density at radius 2 is 1.67 bits per heavy atom. The van der Waals surface area contributed by atoms with E-state index in [1.54, 1.807) is 0 Å². The fraction of sp³-hybridized carbons (Fsp3) is 0.250. The summed E-state index contributed by atoms with van der Waals surface area (Å²) in [6.45, 7) is 0.972. The van der Waals surface area contributed by atoms with Crippen molar-refractivity contribution in [3.05, 3.63) is 0 Å². The molecule has 0 N–H and O–H groups in total. The Labute approximate surface area is 58.1 Å². The first kappa shape index (κ1) is 11.1. The molecule has 0 rings (SSSR count). The van der Waals surface area contributed by atoms with Crippen LogP contribution in [-0.4, -0.2) is 14.9 Å². The van der Waals surface area contributed by atoms with E-state index in [-0.39, 0.29) is 0 Å². The van der Waals surface area contributed by atoms with E-state index in [4.69, 9.17) is 19.5 Å². The minimum atomic E-state index is -1.08. The maximum atomic E-state index is 9.06. The molecule has 0 amide bonds. The fourth-order valence-corrected chi connectivity index (χ4v) is 0.0872. The van der Waals surface area contributed by atoms with E-state index in [9.17, 15) is 0 Å². The van der Waals surface area contributed by atoms with Gasteiger partial charge in [-0.1, -0.05) is 0 Å². The third-order valence-corrected chi connectivity index (χ3v) is 0.427. The van der Waals surface area contributed by atoms with Crippen LogP contribution in [0.15, 0.2) is 0 Å². The molecular formula is C4H3O4Ru. The molecule has 0 saturated carbocycles. The van der Waals surface area contributed by atoms with Crippen molar-refractivity contribution in [3.8, 4) is 0 Å². The molecule has 0 radical (unpaired) electrons. The van der Waals surface area contributed by atoms with Crippen molar-refractivity contribution in [1.82, 2.24) is 0 Å². The van der Waals surface area contributed by atoms with Gasteiger partial charge >= 0.3 is 34.8 Å². The zero-order valence-electron chi connectivity index (χ0n) is 4.49. The summed E-state index contributed by atoms with van der Waals surface area (Å²) in [4.78, 5) is 27.0. The van der Waals surface area contributed by atoms with Crippen LogP contribution in [0.2, 0.25) is 0 Å². The van der Waals surface area contributed by atoms with Crippen molar-refractivity contribution in [2.24, 2.45) is 0 Å². The number of carbonyl (C=O) groups excluding carboxylic acids is 3. The van der Waals surface area contributed by atoms with Crippen molar-refractivity contribution < 1.29 is 35.7 Å². The molecule has 0 aliphatic rings. The molecule has 0 saturated heterocycles. The molecule has 0 aromatic rings. The van der Waals surface area contributed by atoms with Gasteiger partial charge in [0.1, 0.15) is 0 Å². The molecule has 0 fully saturated rings. The molecule has 0 aliphatic carbocycles. The molecule has 4 nitrogen and oxygen atoms in total. The summed E-state index contributed by atoms with van der Waals surface area (Å²) in [6, 6.07) is 0. The van der Waals surface area contributed by atoms with Gasteiger partial charge in [-0.05, 0) is 6.92 Å². The van der Waals surface area contributed by atoms with Gasteiger partial charge in [0.2, 0.25) is 0 Å². The Kier molecular flexibility index (Phi) is 12.7. The zero-order chi connectivity index (χ0) is 7.70. The van der Waals surface area contributed by atoms with Gasteiger partial charge in [0.05, 0.1) is 0 Å². The van der Waals surface area contributed by atoms with Gasteiger partial charge in [0.15, 0.2) is 0 Å². The Morgan fingerprint density at radius 1 is 1.44 bits per heavy atom. The number of rotatable bonds is 0. The van der Waals surface area contributed by atoms with E-state index in [0.29, 0.717) is 0 Å². The van der Waals surface area contributed by atoms with Crippen LogP contribution in [0.25, 0.3) is 0 Å². The van der Waals surface area contributed by atoms with Crippen LogP contribution >= 0.6 is 0 Å². The summed E-state index contributed by atoms with van der Waals surface area (Å²) < 4.78 is 2.87. The van der Waals surface area contributed by atoms with Gasteiger partial charge in [-0.25, -0.2) is 0 Å². The predicted molar refractivity (Wildman–Crippen MR) is 22.1 cm³/mol. The molecule has 9 heavy (non-hydrogen) atoms. The van der Waals surface area contributed by atoms with Crippen molar-refractivity contribution in [3.63, 3.8) is 0 Å². The first-order valence-corrected chi connectivity index (χ1v) is 3.41. The van der Waals surface area contributed by atoms with Crippen LogP contribution in [0, 0.1) is 0 Å². The molecule has 0 unspecified atom stereocenters. The molecule has 0 spiro atoms. The number of hydrogen-bond acceptors (Lipinski definition) is 4. The van der Waals surface area contributed by atoms with Gasteiger partial charge < -0.3 is 9.90 Å². The Morgan fingerprint density at radius 3 is 1.67 bits per heavy atom. The van der Waals surface area contributed by atoms with Crippen molar-refractivity contribution in [2.45, 2.75) is 6.92 Å². The van der Waals surface area contributed by atoms with Crippen molar-refractivity contribution >= 4 is 14.9 Å². The van der Waals surface area contributed by atoms with Gasteiger partial charge in [-0.2, -0.15) is 0 Å². The fourth-order valence-electron chi connectivity index (χ4n) is 0.0147. The van der Waals surface area contributed by atoms with E-state index in [2.05, 4.69) is 0 Å². The second-order valence-electron chi connectivity index (χ2n) is 0.724. The van der Waals surface area contributed by atoms with E-state index >= 15 is 0 Å². The van der Waals surface area contributed by atoms with E-state index in [1.165, 1.54) is 8.95 Å². The van der Waals surface area contributed by atoms with Crippen LogP contribution < -0.4 is 5.11 Å². The number of carbonyl (C=O) groups is 1. The first-order valence-electron chi connectivity index (χ1n) is 1.67. The molecule has 0 aromatic carbocycles. The normalized spacial score (nSPS) is 5.00. The molecule has 5 heteroatoms. The molecule has 0 bridgehead atoms. The summed E-state index contributed by atoms with van der Waals surface area (Å²) in [5.74, 6) is -1.08. The summed E-state index contributed by atoms with van der Waals surface area (Å²) in [5, 5.41) is 8.89. The van der Waals surface area contributed by atoms with Crippen LogP contribution in [0.1, 0.15) is 6.92 Å². The van der Waals surface area contributed by atoms with Gasteiger partial charge in [0.25, 0.3) is 0 Å². The quantitative estimate of drug-likeness (QED) is 0.437. The third-order valence-electron chi connectivity index (χ3n) is 0.0722. The minimum absolute atomic E-state index is 0.842.